The van der Waals surface area contributed by atoms with Gasteiger partial charge in [0.25, 0.3) is 0 Å². The van der Waals surface area contributed by atoms with Crippen LogP contribution in [-0.2, 0) is 0 Å². The first-order chi connectivity index (χ1) is 5.77. The zero-order valence-corrected chi connectivity index (χ0v) is 8.02. The minimum Gasteiger partial charge on any atom is -0.330 e. The van der Waals surface area contributed by atoms with E-state index in [2.05, 4.69) is 0 Å². The quantitative estimate of drug-likeness (QED) is 0.663. The Balaban J connectivity index is 2.36. The van der Waals surface area contributed by atoms with Gasteiger partial charge in [0.15, 0.2) is 0 Å². The highest BCUT2D eigenvalue weighted by Crippen LogP contribution is 2.26. The fourth-order valence-electron chi connectivity index (χ4n) is 2.15. The highest BCUT2D eigenvalue weighted by molar-refractivity contribution is 4.85. The Morgan fingerprint density at radius 3 is 1.92 bits per heavy atom. The average Bonchev–Trinajstić information content (AvgIpc) is 1.99. The van der Waals surface area contributed by atoms with Gasteiger partial charge in [0.1, 0.15) is 0 Å². The van der Waals surface area contributed by atoms with Gasteiger partial charge in [-0.25, -0.2) is 0 Å². The second-order valence-corrected chi connectivity index (χ2v) is 4.17. The predicted octanol–water partition coefficient (Wildman–Crippen LogP) is 1.78. The maximum atomic E-state index is 6.26. The van der Waals surface area contributed by atoms with Gasteiger partial charge in [-0.1, -0.05) is 32.1 Å². The number of rotatable bonds is 2. The van der Waals surface area contributed by atoms with Crippen molar-refractivity contribution in [2.24, 2.45) is 11.5 Å². The van der Waals surface area contributed by atoms with E-state index in [1.165, 1.54) is 44.9 Å². The van der Waals surface area contributed by atoms with Gasteiger partial charge in [-0.3, -0.25) is 0 Å². The summed E-state index contributed by atoms with van der Waals surface area (Å²) in [6, 6.07) is 0. The molecular formula is C10H22N2. The third-order valence-electron chi connectivity index (χ3n) is 2.99. The van der Waals surface area contributed by atoms with Crippen molar-refractivity contribution in [3.63, 3.8) is 0 Å². The molecule has 2 nitrogen and oxygen atoms in total. The molecule has 0 unspecified atom stereocenters. The van der Waals surface area contributed by atoms with Crippen molar-refractivity contribution in [2.45, 2.75) is 56.9 Å². The molecule has 2 heteroatoms. The summed E-state index contributed by atoms with van der Waals surface area (Å²) in [7, 11) is 0. The van der Waals surface area contributed by atoms with Gasteiger partial charge < -0.3 is 11.5 Å². The Hall–Kier alpha value is -0.0800. The van der Waals surface area contributed by atoms with Crippen LogP contribution in [0.15, 0.2) is 0 Å². The third-order valence-corrected chi connectivity index (χ3v) is 2.99. The normalized spacial score (nSPS) is 24.5. The smallest absolute Gasteiger partial charge is 0.0166 e. The van der Waals surface area contributed by atoms with E-state index < -0.39 is 0 Å². The first-order valence-electron chi connectivity index (χ1n) is 5.26. The molecule has 0 bridgehead atoms. The molecule has 4 N–H and O–H groups in total. The summed E-state index contributed by atoms with van der Waals surface area (Å²) < 4.78 is 0. The molecule has 1 aliphatic rings. The summed E-state index contributed by atoms with van der Waals surface area (Å²) in [5.41, 5.74) is 11.9. The lowest BCUT2D eigenvalue weighted by molar-refractivity contribution is 0.301. The SMILES string of the molecule is NCCC1(N)CCCCCCC1. The molecule has 12 heavy (non-hydrogen) atoms. The number of nitrogens with two attached hydrogens (primary N) is 2. The molecule has 1 saturated carbocycles. The van der Waals surface area contributed by atoms with E-state index in [1.54, 1.807) is 0 Å². The van der Waals surface area contributed by atoms with Crippen molar-refractivity contribution < 1.29 is 0 Å². The van der Waals surface area contributed by atoms with Gasteiger partial charge in [-0.05, 0) is 25.8 Å². The molecule has 0 aromatic carbocycles. The lowest BCUT2D eigenvalue weighted by Gasteiger charge is -2.30. The van der Waals surface area contributed by atoms with Crippen molar-refractivity contribution in [3.05, 3.63) is 0 Å². The zero-order chi connectivity index (χ0) is 8.86. The Kier molecular flexibility index (Phi) is 4.02. The van der Waals surface area contributed by atoms with Gasteiger partial charge >= 0.3 is 0 Å². The maximum Gasteiger partial charge on any atom is 0.0166 e. The van der Waals surface area contributed by atoms with Crippen LogP contribution in [0.1, 0.15) is 51.4 Å². The molecule has 0 aliphatic heterocycles. The second-order valence-electron chi connectivity index (χ2n) is 4.17. The molecule has 0 heterocycles. The lowest BCUT2D eigenvalue weighted by Crippen LogP contribution is -2.42. The zero-order valence-electron chi connectivity index (χ0n) is 8.02. The molecule has 0 radical (unpaired) electrons. The molecule has 0 amide bonds. The van der Waals surface area contributed by atoms with Crippen molar-refractivity contribution >= 4 is 0 Å². The Morgan fingerprint density at radius 2 is 1.42 bits per heavy atom. The molecule has 0 aromatic rings. The molecule has 1 fully saturated rings. The van der Waals surface area contributed by atoms with Crippen LogP contribution in [0.2, 0.25) is 0 Å². The van der Waals surface area contributed by atoms with Gasteiger partial charge in [-0.2, -0.15) is 0 Å². The molecule has 0 spiro atoms. The summed E-state index contributed by atoms with van der Waals surface area (Å²) in [5, 5.41) is 0. The second kappa shape index (κ2) is 4.83. The van der Waals surface area contributed by atoms with E-state index in [9.17, 15) is 0 Å². The summed E-state index contributed by atoms with van der Waals surface area (Å²) in [6.07, 6.45) is 10.1. The van der Waals surface area contributed by atoms with E-state index in [4.69, 9.17) is 11.5 Å². The standard InChI is InChI=1S/C10H22N2/c11-9-8-10(12)6-4-2-1-3-5-7-10/h1-9,11-12H2. The Labute approximate surface area is 75.7 Å². The van der Waals surface area contributed by atoms with Crippen molar-refractivity contribution in [1.29, 1.82) is 0 Å². The Bertz CT molecular complexity index is 115. The summed E-state index contributed by atoms with van der Waals surface area (Å²) >= 11 is 0. The molecular weight excluding hydrogens is 148 g/mol. The van der Waals surface area contributed by atoms with Crippen LogP contribution in [0.3, 0.4) is 0 Å². The van der Waals surface area contributed by atoms with Crippen LogP contribution < -0.4 is 11.5 Å². The van der Waals surface area contributed by atoms with Crippen LogP contribution in [0.4, 0.5) is 0 Å². The minimum atomic E-state index is 0.0785. The fourth-order valence-corrected chi connectivity index (χ4v) is 2.15. The molecule has 72 valence electrons. The van der Waals surface area contributed by atoms with Gasteiger partial charge in [0, 0.05) is 5.54 Å². The van der Waals surface area contributed by atoms with Crippen LogP contribution in [0.5, 0.6) is 0 Å². The summed E-state index contributed by atoms with van der Waals surface area (Å²) in [6.45, 7) is 0.747. The highest BCUT2D eigenvalue weighted by Gasteiger charge is 2.23. The molecule has 0 saturated heterocycles. The number of hydrogen-bond donors (Lipinski definition) is 2. The van der Waals surface area contributed by atoms with Gasteiger partial charge in [0.05, 0.1) is 0 Å². The minimum absolute atomic E-state index is 0.0785. The van der Waals surface area contributed by atoms with E-state index in [0.717, 1.165) is 13.0 Å². The van der Waals surface area contributed by atoms with Crippen LogP contribution in [-0.4, -0.2) is 12.1 Å². The van der Waals surface area contributed by atoms with Crippen molar-refractivity contribution in [2.75, 3.05) is 6.54 Å². The van der Waals surface area contributed by atoms with E-state index in [1.807, 2.05) is 0 Å². The maximum absolute atomic E-state index is 6.26. The van der Waals surface area contributed by atoms with Gasteiger partial charge in [-0.15, -0.1) is 0 Å². The predicted molar refractivity (Wildman–Crippen MR) is 52.9 cm³/mol. The van der Waals surface area contributed by atoms with E-state index in [0.29, 0.717) is 0 Å². The van der Waals surface area contributed by atoms with Crippen molar-refractivity contribution in [1.82, 2.24) is 0 Å². The topological polar surface area (TPSA) is 52.0 Å². The third kappa shape index (κ3) is 3.11. The van der Waals surface area contributed by atoms with Gasteiger partial charge in [0.2, 0.25) is 0 Å². The summed E-state index contributed by atoms with van der Waals surface area (Å²) in [4.78, 5) is 0. The lowest BCUT2D eigenvalue weighted by atomic mass is 9.82. The molecule has 0 aromatic heterocycles. The molecule has 1 aliphatic carbocycles. The highest BCUT2D eigenvalue weighted by atomic mass is 14.7. The largest absolute Gasteiger partial charge is 0.330 e. The Morgan fingerprint density at radius 1 is 0.917 bits per heavy atom. The van der Waals surface area contributed by atoms with Crippen LogP contribution in [0.25, 0.3) is 0 Å². The molecule has 1 rings (SSSR count). The monoisotopic (exact) mass is 170 g/mol. The summed E-state index contributed by atoms with van der Waals surface area (Å²) in [5.74, 6) is 0. The fraction of sp³-hybridized carbons (Fsp3) is 1.00. The van der Waals surface area contributed by atoms with E-state index >= 15 is 0 Å². The number of hydrogen-bond acceptors (Lipinski definition) is 2. The molecule has 0 atom stereocenters. The first-order valence-corrected chi connectivity index (χ1v) is 5.26. The van der Waals surface area contributed by atoms with Crippen molar-refractivity contribution in [3.8, 4) is 0 Å². The first kappa shape index (κ1) is 10.0. The van der Waals surface area contributed by atoms with Crippen LogP contribution in [0, 0.1) is 0 Å². The van der Waals surface area contributed by atoms with Crippen LogP contribution >= 0.6 is 0 Å². The van der Waals surface area contributed by atoms with E-state index in [-0.39, 0.29) is 5.54 Å². The average molecular weight is 170 g/mol.